The van der Waals surface area contributed by atoms with Gasteiger partial charge in [0.25, 0.3) is 0 Å². The maximum Gasteiger partial charge on any atom is 0.0704 e. The molecule has 71 valence electrons. The second-order valence-electron chi connectivity index (χ2n) is 3.05. The lowest BCUT2D eigenvalue weighted by Crippen LogP contribution is -1.79. The lowest BCUT2D eigenvalue weighted by Gasteiger charge is -1.95. The van der Waals surface area contributed by atoms with Crippen molar-refractivity contribution in [2.24, 2.45) is 0 Å². The zero-order chi connectivity index (χ0) is 9.07. The van der Waals surface area contributed by atoms with Crippen molar-refractivity contribution in [2.75, 3.05) is 6.61 Å². The molecule has 0 spiro atoms. The number of allylic oxidation sites excluding steroid dienone is 1. The molecule has 0 bridgehead atoms. The van der Waals surface area contributed by atoms with E-state index < -0.39 is 0 Å². The van der Waals surface area contributed by atoms with Crippen LogP contribution in [0, 0.1) is 7.11 Å². The summed E-state index contributed by atoms with van der Waals surface area (Å²) in [5, 5.41) is 0. The van der Waals surface area contributed by atoms with Crippen LogP contribution in [0.25, 0.3) is 0 Å². The van der Waals surface area contributed by atoms with Crippen LogP contribution < -0.4 is 0 Å². The average molecular weight is 169 g/mol. The van der Waals surface area contributed by atoms with Gasteiger partial charge in [0.1, 0.15) is 0 Å². The number of ether oxygens (including phenoxy) is 1. The molecule has 0 amide bonds. The van der Waals surface area contributed by atoms with E-state index in [4.69, 9.17) is 0 Å². The molecule has 0 fully saturated rings. The summed E-state index contributed by atoms with van der Waals surface area (Å²) in [6, 6.07) is 0. The summed E-state index contributed by atoms with van der Waals surface area (Å²) in [5.74, 6) is 0. The van der Waals surface area contributed by atoms with E-state index in [1.54, 1.807) is 0 Å². The van der Waals surface area contributed by atoms with Crippen molar-refractivity contribution < 1.29 is 4.74 Å². The molecule has 0 saturated heterocycles. The molecular weight excluding hydrogens is 148 g/mol. The summed E-state index contributed by atoms with van der Waals surface area (Å²) in [7, 11) is 3.29. The Labute approximate surface area is 76.8 Å². The molecule has 1 nitrogen and oxygen atoms in total. The monoisotopic (exact) mass is 169 g/mol. The first-order valence-electron chi connectivity index (χ1n) is 4.93. The summed E-state index contributed by atoms with van der Waals surface area (Å²) in [6.45, 7) is 2.89. The van der Waals surface area contributed by atoms with Gasteiger partial charge < -0.3 is 4.74 Å². The van der Waals surface area contributed by atoms with E-state index in [0.29, 0.717) is 6.61 Å². The van der Waals surface area contributed by atoms with Crippen LogP contribution in [0.1, 0.15) is 45.4 Å². The van der Waals surface area contributed by atoms with E-state index in [1.165, 1.54) is 38.5 Å². The molecular formula is C11H21O. The maximum atomic E-state index is 4.65. The summed E-state index contributed by atoms with van der Waals surface area (Å²) in [4.78, 5) is 0. The number of rotatable bonds is 8. The van der Waals surface area contributed by atoms with E-state index in [-0.39, 0.29) is 0 Å². The molecule has 0 aliphatic rings. The van der Waals surface area contributed by atoms with E-state index in [9.17, 15) is 0 Å². The van der Waals surface area contributed by atoms with Gasteiger partial charge in [-0.25, -0.2) is 0 Å². The molecule has 1 heteroatoms. The van der Waals surface area contributed by atoms with Crippen LogP contribution in [-0.2, 0) is 4.74 Å². The highest BCUT2D eigenvalue weighted by Gasteiger charge is 1.85. The molecule has 12 heavy (non-hydrogen) atoms. The predicted octanol–water partition coefficient (Wildman–Crippen LogP) is 3.71. The summed E-state index contributed by atoms with van der Waals surface area (Å²) in [5.41, 5.74) is 0. The first kappa shape index (κ1) is 11.7. The quantitative estimate of drug-likeness (QED) is 0.397. The Morgan fingerprint density at radius 1 is 1.08 bits per heavy atom. The van der Waals surface area contributed by atoms with Crippen molar-refractivity contribution in [3.05, 3.63) is 19.3 Å². The van der Waals surface area contributed by atoms with Crippen molar-refractivity contribution >= 4 is 0 Å². The van der Waals surface area contributed by atoms with Crippen molar-refractivity contribution in [1.29, 1.82) is 0 Å². The lowest BCUT2D eigenvalue weighted by atomic mass is 10.1. The molecule has 0 N–H and O–H groups in total. The van der Waals surface area contributed by atoms with Crippen LogP contribution in [0.5, 0.6) is 0 Å². The largest absolute Gasteiger partial charge is 0.375 e. The van der Waals surface area contributed by atoms with Crippen LogP contribution in [0.3, 0.4) is 0 Å². The Bertz CT molecular complexity index is 97.2. The first-order chi connectivity index (χ1) is 5.91. The van der Waals surface area contributed by atoms with Crippen LogP contribution in [0.4, 0.5) is 0 Å². The van der Waals surface area contributed by atoms with E-state index in [0.717, 1.165) is 0 Å². The molecule has 0 saturated carbocycles. The number of unbranched alkanes of at least 4 members (excludes halogenated alkanes) is 5. The van der Waals surface area contributed by atoms with Crippen molar-refractivity contribution in [3.63, 3.8) is 0 Å². The van der Waals surface area contributed by atoms with Gasteiger partial charge in [-0.3, -0.25) is 0 Å². The van der Waals surface area contributed by atoms with Gasteiger partial charge >= 0.3 is 0 Å². The second-order valence-corrected chi connectivity index (χ2v) is 3.05. The molecule has 0 aromatic heterocycles. The van der Waals surface area contributed by atoms with E-state index >= 15 is 0 Å². The third-order valence-corrected chi connectivity index (χ3v) is 1.86. The van der Waals surface area contributed by atoms with E-state index in [2.05, 4.69) is 24.8 Å². The Kier molecular flexibility index (Phi) is 10.4. The van der Waals surface area contributed by atoms with Gasteiger partial charge in [0.15, 0.2) is 0 Å². The summed E-state index contributed by atoms with van der Waals surface area (Å²) >= 11 is 0. The number of hydrogen-bond donors (Lipinski definition) is 0. The Morgan fingerprint density at radius 2 is 1.83 bits per heavy atom. The molecule has 0 atom stereocenters. The molecule has 0 rings (SSSR count). The average Bonchev–Trinajstić information content (AvgIpc) is 2.10. The fourth-order valence-corrected chi connectivity index (χ4v) is 1.12. The lowest BCUT2D eigenvalue weighted by molar-refractivity contribution is 0.281. The summed E-state index contributed by atoms with van der Waals surface area (Å²) in [6.07, 6.45) is 12.2. The van der Waals surface area contributed by atoms with Gasteiger partial charge in [-0.1, -0.05) is 44.8 Å². The molecule has 1 radical (unpaired) electrons. The van der Waals surface area contributed by atoms with Gasteiger partial charge in [0, 0.05) is 0 Å². The Balaban J connectivity index is 2.90. The van der Waals surface area contributed by atoms with Gasteiger partial charge in [-0.2, -0.15) is 0 Å². The predicted molar refractivity (Wildman–Crippen MR) is 53.8 cm³/mol. The fraction of sp³-hybridized carbons (Fsp3) is 0.727. The second kappa shape index (κ2) is 10.7. The SMILES string of the molecule is [CH2]OC/C=C/CCCCCCC. The van der Waals surface area contributed by atoms with Crippen molar-refractivity contribution in [2.45, 2.75) is 45.4 Å². The highest BCUT2D eigenvalue weighted by atomic mass is 16.5. The molecule has 0 aromatic rings. The van der Waals surface area contributed by atoms with Crippen LogP contribution in [0.2, 0.25) is 0 Å². The minimum Gasteiger partial charge on any atom is -0.375 e. The molecule has 0 aromatic carbocycles. The Morgan fingerprint density at radius 3 is 2.50 bits per heavy atom. The Hall–Kier alpha value is -0.300. The third kappa shape index (κ3) is 9.70. The standard InChI is InChI=1S/C11H21O/c1-3-4-5-6-7-8-9-10-11-12-2/h9-10H,2-8,11H2,1H3/b10-9+. The normalized spacial score (nSPS) is 11.2. The summed E-state index contributed by atoms with van der Waals surface area (Å²) < 4.78 is 4.65. The molecule has 0 unspecified atom stereocenters. The van der Waals surface area contributed by atoms with Crippen molar-refractivity contribution in [1.82, 2.24) is 0 Å². The van der Waals surface area contributed by atoms with Gasteiger partial charge in [-0.15, -0.1) is 0 Å². The highest BCUT2D eigenvalue weighted by molar-refractivity contribution is 4.81. The smallest absolute Gasteiger partial charge is 0.0704 e. The third-order valence-electron chi connectivity index (χ3n) is 1.86. The molecule has 0 heterocycles. The highest BCUT2D eigenvalue weighted by Crippen LogP contribution is 2.04. The van der Waals surface area contributed by atoms with Gasteiger partial charge in [-0.05, 0) is 12.8 Å². The van der Waals surface area contributed by atoms with Gasteiger partial charge in [0.05, 0.1) is 13.7 Å². The van der Waals surface area contributed by atoms with E-state index in [1.807, 2.05) is 6.08 Å². The number of hydrogen-bond acceptors (Lipinski definition) is 1. The zero-order valence-corrected chi connectivity index (χ0v) is 8.22. The van der Waals surface area contributed by atoms with Crippen LogP contribution in [-0.4, -0.2) is 6.61 Å². The zero-order valence-electron chi connectivity index (χ0n) is 8.22. The van der Waals surface area contributed by atoms with Crippen LogP contribution >= 0.6 is 0 Å². The minimum atomic E-state index is 0.648. The van der Waals surface area contributed by atoms with Crippen LogP contribution in [0.15, 0.2) is 12.2 Å². The van der Waals surface area contributed by atoms with Gasteiger partial charge in [0.2, 0.25) is 0 Å². The molecule has 0 aliphatic carbocycles. The van der Waals surface area contributed by atoms with Crippen molar-refractivity contribution in [3.8, 4) is 0 Å². The maximum absolute atomic E-state index is 4.65. The molecule has 0 aliphatic heterocycles. The first-order valence-corrected chi connectivity index (χ1v) is 4.93. The topological polar surface area (TPSA) is 9.23 Å². The fourth-order valence-electron chi connectivity index (χ4n) is 1.12. The minimum absolute atomic E-state index is 0.648.